The summed E-state index contributed by atoms with van der Waals surface area (Å²) in [5.74, 6) is 1.39. The predicted molar refractivity (Wildman–Crippen MR) is 153 cm³/mol. The number of aryl methyl sites for hydroxylation is 1. The van der Waals surface area contributed by atoms with Crippen molar-refractivity contribution in [2.24, 2.45) is 4.99 Å². The van der Waals surface area contributed by atoms with E-state index in [0.717, 1.165) is 23.3 Å². The van der Waals surface area contributed by atoms with Gasteiger partial charge in [0.1, 0.15) is 19.3 Å². The van der Waals surface area contributed by atoms with E-state index < -0.39 is 28.6 Å². The second kappa shape index (κ2) is 12.3. The fraction of sp³-hybridized carbons (Fsp3) is 0.219. The second-order valence-corrected chi connectivity index (χ2v) is 11.0. The molecule has 0 bridgehead atoms. The largest absolute Gasteiger partial charge is 0.493 e. The van der Waals surface area contributed by atoms with Gasteiger partial charge in [-0.2, -0.15) is 13.2 Å². The number of methoxy groups -OCH3 is 2. The third-order valence-electron chi connectivity index (χ3n) is 6.72. The lowest BCUT2D eigenvalue weighted by Crippen LogP contribution is -2.11. The molecule has 4 aromatic rings. The molecule has 0 aliphatic carbocycles. The minimum atomic E-state index is -4.61. The Hall–Kier alpha value is -4.31. The fourth-order valence-electron chi connectivity index (χ4n) is 4.47. The Balaban J connectivity index is 1.49. The Morgan fingerprint density at radius 1 is 0.929 bits per heavy atom. The van der Waals surface area contributed by atoms with Crippen LogP contribution < -0.4 is 14.2 Å². The van der Waals surface area contributed by atoms with Crippen LogP contribution in [0.1, 0.15) is 33.9 Å². The lowest BCUT2D eigenvalue weighted by Gasteiger charge is -2.17. The minimum Gasteiger partial charge on any atom is -0.493 e. The highest BCUT2D eigenvalue weighted by Gasteiger charge is 2.34. The smallest absolute Gasteiger partial charge is 0.416 e. The van der Waals surface area contributed by atoms with E-state index >= 15 is 0 Å². The molecule has 0 saturated heterocycles. The van der Waals surface area contributed by atoms with Crippen molar-refractivity contribution in [3.8, 4) is 17.2 Å². The predicted octanol–water partition coefficient (Wildman–Crippen LogP) is 7.29. The SMILES string of the molecule is COc1cc(C2COC(c3ccc(C(F)(F)F)cc3[S@@](=O)c3ccc(C)cc3)=N2)cc(OC)c1OCc1ccccc1. The van der Waals surface area contributed by atoms with Crippen LogP contribution in [0.25, 0.3) is 0 Å². The summed E-state index contributed by atoms with van der Waals surface area (Å²) >= 11 is 0. The molecule has 1 unspecified atom stereocenters. The molecule has 5 rings (SSSR count). The van der Waals surface area contributed by atoms with Crippen LogP contribution in [-0.2, 0) is 28.3 Å². The first-order valence-corrected chi connectivity index (χ1v) is 14.2. The average molecular weight is 596 g/mol. The summed E-state index contributed by atoms with van der Waals surface area (Å²) < 4.78 is 77.5. The standard InChI is InChI=1S/C32H28F3NO5S/c1-20-9-12-24(13-10-20)42(37)29-17-23(32(33,34)35)11-14-25(29)31-36-26(19-41-31)22-15-27(38-2)30(28(16-22)39-3)40-18-21-7-5-4-6-8-21/h4-17,26H,18-19H2,1-3H3/t26?,42-/m0/s1. The van der Waals surface area contributed by atoms with Crippen molar-refractivity contribution in [3.63, 3.8) is 0 Å². The minimum absolute atomic E-state index is 0.0344. The van der Waals surface area contributed by atoms with Crippen LogP contribution in [0.3, 0.4) is 0 Å². The Morgan fingerprint density at radius 2 is 1.60 bits per heavy atom. The summed E-state index contributed by atoms with van der Waals surface area (Å²) in [7, 11) is 1.12. The molecule has 0 aromatic heterocycles. The van der Waals surface area contributed by atoms with E-state index in [1.165, 1.54) is 20.3 Å². The number of alkyl halides is 3. The molecule has 0 fully saturated rings. The van der Waals surface area contributed by atoms with E-state index in [-0.39, 0.29) is 23.0 Å². The Labute approximate surface area is 244 Å². The molecular weight excluding hydrogens is 567 g/mol. The van der Waals surface area contributed by atoms with Crippen LogP contribution in [-0.4, -0.2) is 30.9 Å². The summed E-state index contributed by atoms with van der Waals surface area (Å²) in [6.07, 6.45) is -4.61. The van der Waals surface area contributed by atoms with Crippen LogP contribution >= 0.6 is 0 Å². The van der Waals surface area contributed by atoms with Crippen LogP contribution in [0.4, 0.5) is 13.2 Å². The Kier molecular flexibility index (Phi) is 8.54. The topological polar surface area (TPSA) is 66.4 Å². The molecule has 1 heterocycles. The Morgan fingerprint density at radius 3 is 2.21 bits per heavy atom. The first-order valence-electron chi connectivity index (χ1n) is 13.0. The number of hydrogen-bond donors (Lipinski definition) is 0. The maximum Gasteiger partial charge on any atom is 0.416 e. The fourth-order valence-corrected chi connectivity index (χ4v) is 5.70. The zero-order chi connectivity index (χ0) is 29.9. The quantitative estimate of drug-likeness (QED) is 0.203. The van der Waals surface area contributed by atoms with Crippen LogP contribution in [0.5, 0.6) is 17.2 Å². The van der Waals surface area contributed by atoms with Gasteiger partial charge in [0.05, 0.1) is 41.0 Å². The number of nitrogens with zero attached hydrogens (tertiary/aromatic N) is 1. The van der Waals surface area contributed by atoms with Crippen molar-refractivity contribution in [2.75, 3.05) is 20.8 Å². The van der Waals surface area contributed by atoms with E-state index in [2.05, 4.69) is 4.99 Å². The maximum atomic E-state index is 13.6. The molecule has 0 amide bonds. The van der Waals surface area contributed by atoms with Gasteiger partial charge in [-0.25, -0.2) is 9.20 Å². The molecular formula is C32H28F3NO5S. The molecule has 0 N–H and O–H groups in total. The van der Waals surface area contributed by atoms with E-state index in [9.17, 15) is 17.4 Å². The monoisotopic (exact) mass is 595 g/mol. The number of ether oxygens (including phenoxy) is 4. The molecule has 0 radical (unpaired) electrons. The second-order valence-electron chi connectivity index (χ2n) is 9.58. The summed E-state index contributed by atoms with van der Waals surface area (Å²) in [6, 6.07) is 22.5. The highest BCUT2D eigenvalue weighted by atomic mass is 32.2. The molecule has 2 atom stereocenters. The van der Waals surface area contributed by atoms with Gasteiger partial charge in [0, 0.05) is 4.90 Å². The van der Waals surface area contributed by atoms with Gasteiger partial charge >= 0.3 is 6.18 Å². The summed E-state index contributed by atoms with van der Waals surface area (Å²) in [5, 5.41) is 0. The maximum absolute atomic E-state index is 13.6. The molecule has 0 saturated carbocycles. The van der Waals surface area contributed by atoms with Crippen molar-refractivity contribution >= 4 is 16.7 Å². The number of halogens is 3. The molecule has 6 nitrogen and oxygen atoms in total. The van der Waals surface area contributed by atoms with Gasteiger partial charge in [-0.15, -0.1) is 0 Å². The summed E-state index contributed by atoms with van der Waals surface area (Å²) in [4.78, 5) is 5.01. The summed E-state index contributed by atoms with van der Waals surface area (Å²) in [5.41, 5.74) is 1.93. The number of rotatable bonds is 9. The van der Waals surface area contributed by atoms with Crippen molar-refractivity contribution in [3.05, 3.63) is 113 Å². The zero-order valence-corrected chi connectivity index (χ0v) is 23.9. The highest BCUT2D eigenvalue weighted by Crippen LogP contribution is 2.42. The third kappa shape index (κ3) is 6.28. The first-order chi connectivity index (χ1) is 20.2. The van der Waals surface area contributed by atoms with Gasteiger partial charge in [0.2, 0.25) is 11.6 Å². The van der Waals surface area contributed by atoms with E-state index in [0.29, 0.717) is 34.3 Å². The van der Waals surface area contributed by atoms with Crippen molar-refractivity contribution in [2.45, 2.75) is 35.5 Å². The number of aliphatic imine (C=N–C) groups is 1. The zero-order valence-electron chi connectivity index (χ0n) is 23.1. The van der Waals surface area contributed by atoms with Gasteiger partial charge in [-0.3, -0.25) is 0 Å². The molecule has 0 spiro atoms. The highest BCUT2D eigenvalue weighted by molar-refractivity contribution is 7.85. The van der Waals surface area contributed by atoms with Crippen LogP contribution in [0.15, 0.2) is 99.7 Å². The molecule has 10 heteroatoms. The van der Waals surface area contributed by atoms with Crippen molar-refractivity contribution < 1.29 is 36.3 Å². The van der Waals surface area contributed by atoms with Crippen molar-refractivity contribution in [1.82, 2.24) is 0 Å². The van der Waals surface area contributed by atoms with Gasteiger partial charge in [-0.05, 0) is 60.5 Å². The van der Waals surface area contributed by atoms with Gasteiger partial charge in [0.25, 0.3) is 0 Å². The normalized spacial score (nSPS) is 15.5. The number of benzene rings is 4. The van der Waals surface area contributed by atoms with Crippen molar-refractivity contribution in [1.29, 1.82) is 0 Å². The molecule has 1 aliphatic rings. The van der Waals surface area contributed by atoms with E-state index in [1.807, 2.05) is 37.3 Å². The Bertz CT molecular complexity index is 1600. The summed E-state index contributed by atoms with van der Waals surface area (Å²) in [6.45, 7) is 2.29. The van der Waals surface area contributed by atoms with Crippen LogP contribution in [0.2, 0.25) is 0 Å². The van der Waals surface area contributed by atoms with Crippen LogP contribution in [0, 0.1) is 6.92 Å². The van der Waals surface area contributed by atoms with Gasteiger partial charge in [-0.1, -0.05) is 48.0 Å². The van der Waals surface area contributed by atoms with Gasteiger partial charge < -0.3 is 18.9 Å². The van der Waals surface area contributed by atoms with E-state index in [1.54, 1.807) is 36.4 Å². The van der Waals surface area contributed by atoms with E-state index in [4.69, 9.17) is 18.9 Å². The molecule has 1 aliphatic heterocycles. The molecule has 4 aromatic carbocycles. The molecule has 42 heavy (non-hydrogen) atoms. The lowest BCUT2D eigenvalue weighted by molar-refractivity contribution is -0.137. The lowest BCUT2D eigenvalue weighted by atomic mass is 10.1. The third-order valence-corrected chi connectivity index (χ3v) is 8.16. The average Bonchev–Trinajstić information content (AvgIpc) is 3.49. The van der Waals surface area contributed by atoms with Gasteiger partial charge in [0.15, 0.2) is 11.5 Å². The molecule has 218 valence electrons. The first kappa shape index (κ1) is 29.2. The number of hydrogen-bond acceptors (Lipinski definition) is 6.